The first-order valence-electron chi connectivity index (χ1n) is 5.43. The molecule has 5 nitrogen and oxygen atoms in total. The molecule has 2 N–H and O–H groups in total. The van der Waals surface area contributed by atoms with Crippen molar-refractivity contribution in [3.8, 4) is 0 Å². The van der Waals surface area contributed by atoms with Gasteiger partial charge in [0.2, 0.25) is 0 Å². The SMILES string of the molecule is Cl.Cl.NCC1CN(C(=O)c2ccncc2F)CCO1. The topological polar surface area (TPSA) is 68.5 Å². The summed E-state index contributed by atoms with van der Waals surface area (Å²) in [7, 11) is 0. The van der Waals surface area contributed by atoms with Crippen LogP contribution in [0.4, 0.5) is 4.39 Å². The molecule has 1 aliphatic rings. The minimum atomic E-state index is -0.603. The predicted molar refractivity (Wildman–Crippen MR) is 73.4 cm³/mol. The molecule has 108 valence electrons. The van der Waals surface area contributed by atoms with Crippen molar-refractivity contribution < 1.29 is 13.9 Å². The Hall–Kier alpha value is -0.950. The van der Waals surface area contributed by atoms with Crippen molar-refractivity contribution in [3.05, 3.63) is 29.8 Å². The fourth-order valence-electron chi connectivity index (χ4n) is 1.77. The summed E-state index contributed by atoms with van der Waals surface area (Å²) in [4.78, 5) is 17.2. The Labute approximate surface area is 123 Å². The molecule has 1 amide bonds. The predicted octanol–water partition coefficient (Wildman–Crippen LogP) is 0.864. The van der Waals surface area contributed by atoms with Crippen LogP contribution in [0.1, 0.15) is 10.4 Å². The van der Waals surface area contributed by atoms with Gasteiger partial charge in [0, 0.05) is 25.8 Å². The number of hydrogen-bond acceptors (Lipinski definition) is 4. The van der Waals surface area contributed by atoms with Gasteiger partial charge < -0.3 is 15.4 Å². The lowest BCUT2D eigenvalue weighted by Crippen LogP contribution is -2.48. The fraction of sp³-hybridized carbons (Fsp3) is 0.455. The number of halogens is 3. The van der Waals surface area contributed by atoms with Crippen LogP contribution in [0.25, 0.3) is 0 Å². The molecule has 1 atom stereocenters. The molecule has 1 aliphatic heterocycles. The highest BCUT2D eigenvalue weighted by molar-refractivity contribution is 5.94. The van der Waals surface area contributed by atoms with E-state index in [1.165, 1.54) is 12.3 Å². The number of ether oxygens (including phenoxy) is 1. The molecule has 8 heteroatoms. The highest BCUT2D eigenvalue weighted by Gasteiger charge is 2.25. The summed E-state index contributed by atoms with van der Waals surface area (Å²) < 4.78 is 18.8. The number of nitrogens with two attached hydrogens (primary N) is 1. The molecule has 0 spiro atoms. The molecule has 2 heterocycles. The average molecular weight is 312 g/mol. The quantitative estimate of drug-likeness (QED) is 0.879. The standard InChI is InChI=1S/C11H14FN3O2.2ClH/c12-10-6-14-2-1-9(10)11(16)15-3-4-17-8(5-13)7-15;;/h1-2,6,8H,3-5,7,13H2;2*1H. The van der Waals surface area contributed by atoms with Gasteiger partial charge in [-0.2, -0.15) is 0 Å². The highest BCUT2D eigenvalue weighted by atomic mass is 35.5. The summed E-state index contributed by atoms with van der Waals surface area (Å²) in [5.74, 6) is -0.944. The van der Waals surface area contributed by atoms with E-state index < -0.39 is 5.82 Å². The van der Waals surface area contributed by atoms with E-state index in [9.17, 15) is 9.18 Å². The van der Waals surface area contributed by atoms with E-state index in [2.05, 4.69) is 4.98 Å². The highest BCUT2D eigenvalue weighted by Crippen LogP contribution is 2.12. The van der Waals surface area contributed by atoms with E-state index in [0.29, 0.717) is 26.2 Å². The molecule has 19 heavy (non-hydrogen) atoms. The zero-order valence-electron chi connectivity index (χ0n) is 10.1. The van der Waals surface area contributed by atoms with E-state index in [1.54, 1.807) is 4.90 Å². The van der Waals surface area contributed by atoms with Crippen LogP contribution in [0.3, 0.4) is 0 Å². The summed E-state index contributed by atoms with van der Waals surface area (Å²) in [5, 5.41) is 0. The molecule has 1 saturated heterocycles. The minimum absolute atomic E-state index is 0. The summed E-state index contributed by atoms with van der Waals surface area (Å²) in [6.07, 6.45) is 2.27. The van der Waals surface area contributed by atoms with Crippen molar-refractivity contribution in [3.63, 3.8) is 0 Å². The van der Waals surface area contributed by atoms with E-state index in [4.69, 9.17) is 10.5 Å². The average Bonchev–Trinajstić information content (AvgIpc) is 2.38. The maximum atomic E-state index is 13.4. The second-order valence-corrected chi connectivity index (χ2v) is 3.84. The van der Waals surface area contributed by atoms with E-state index in [1.807, 2.05) is 0 Å². The molecule has 1 unspecified atom stereocenters. The first-order valence-corrected chi connectivity index (χ1v) is 5.43. The van der Waals surface area contributed by atoms with E-state index in [0.717, 1.165) is 6.20 Å². The third kappa shape index (κ3) is 4.28. The Morgan fingerprint density at radius 3 is 2.95 bits per heavy atom. The molecule has 1 aromatic rings. The summed E-state index contributed by atoms with van der Waals surface area (Å²) >= 11 is 0. The Balaban J connectivity index is 0.00000162. The largest absolute Gasteiger partial charge is 0.373 e. The van der Waals surface area contributed by atoms with Crippen molar-refractivity contribution in [2.45, 2.75) is 6.10 Å². The van der Waals surface area contributed by atoms with Crippen LogP contribution in [-0.4, -0.2) is 48.1 Å². The van der Waals surface area contributed by atoms with Gasteiger partial charge in [0.05, 0.1) is 24.5 Å². The number of pyridine rings is 1. The number of carbonyl (C=O) groups excluding carboxylic acids is 1. The van der Waals surface area contributed by atoms with Crippen LogP contribution in [0.2, 0.25) is 0 Å². The molecule has 0 radical (unpaired) electrons. The maximum absolute atomic E-state index is 13.4. The second kappa shape index (κ2) is 8.27. The van der Waals surface area contributed by atoms with Crippen LogP contribution >= 0.6 is 24.8 Å². The van der Waals surface area contributed by atoms with Crippen LogP contribution in [0.15, 0.2) is 18.5 Å². The molecule has 0 saturated carbocycles. The number of nitrogens with zero attached hydrogens (tertiary/aromatic N) is 2. The summed E-state index contributed by atoms with van der Waals surface area (Å²) in [6, 6.07) is 1.38. The van der Waals surface area contributed by atoms with Gasteiger partial charge >= 0.3 is 0 Å². The van der Waals surface area contributed by atoms with Gasteiger partial charge in [0.1, 0.15) is 0 Å². The summed E-state index contributed by atoms with van der Waals surface area (Å²) in [5.41, 5.74) is 5.53. The minimum Gasteiger partial charge on any atom is -0.373 e. The van der Waals surface area contributed by atoms with Crippen molar-refractivity contribution in [2.75, 3.05) is 26.2 Å². The maximum Gasteiger partial charge on any atom is 0.257 e. The number of morpholine rings is 1. The van der Waals surface area contributed by atoms with Crippen molar-refractivity contribution in [2.24, 2.45) is 5.73 Å². The Kier molecular flexibility index (Phi) is 7.85. The normalized spacial score (nSPS) is 18.2. The van der Waals surface area contributed by atoms with E-state index >= 15 is 0 Å². The number of aromatic nitrogens is 1. The third-order valence-electron chi connectivity index (χ3n) is 2.69. The fourth-order valence-corrected chi connectivity index (χ4v) is 1.77. The smallest absolute Gasteiger partial charge is 0.257 e. The number of amides is 1. The van der Waals surface area contributed by atoms with Gasteiger partial charge in [-0.25, -0.2) is 4.39 Å². The van der Waals surface area contributed by atoms with Crippen LogP contribution < -0.4 is 5.73 Å². The van der Waals surface area contributed by atoms with Crippen LogP contribution in [-0.2, 0) is 4.74 Å². The van der Waals surface area contributed by atoms with Gasteiger partial charge in [-0.3, -0.25) is 9.78 Å². The number of carbonyl (C=O) groups is 1. The van der Waals surface area contributed by atoms with Gasteiger partial charge in [-0.1, -0.05) is 0 Å². The van der Waals surface area contributed by atoms with Crippen molar-refractivity contribution >= 4 is 30.7 Å². The lowest BCUT2D eigenvalue weighted by Gasteiger charge is -2.32. The first kappa shape index (κ1) is 18.0. The lowest BCUT2D eigenvalue weighted by molar-refractivity contribution is -0.0169. The zero-order chi connectivity index (χ0) is 12.3. The molecule has 0 bridgehead atoms. The molecule has 0 aromatic carbocycles. The van der Waals surface area contributed by atoms with Crippen molar-refractivity contribution in [1.29, 1.82) is 0 Å². The number of hydrogen-bond donors (Lipinski definition) is 1. The molecule has 1 aromatic heterocycles. The van der Waals surface area contributed by atoms with Crippen molar-refractivity contribution in [1.82, 2.24) is 9.88 Å². The number of rotatable bonds is 2. The van der Waals surface area contributed by atoms with Gasteiger partial charge in [-0.05, 0) is 6.07 Å². The third-order valence-corrected chi connectivity index (χ3v) is 2.69. The molecule has 1 fully saturated rings. The Morgan fingerprint density at radius 2 is 2.32 bits per heavy atom. The molecular weight excluding hydrogens is 296 g/mol. The molecule has 0 aliphatic carbocycles. The van der Waals surface area contributed by atoms with E-state index in [-0.39, 0.29) is 42.4 Å². The zero-order valence-corrected chi connectivity index (χ0v) is 11.8. The van der Waals surface area contributed by atoms with Gasteiger partial charge in [0.15, 0.2) is 5.82 Å². The summed E-state index contributed by atoms with van der Waals surface area (Å²) in [6.45, 7) is 1.64. The monoisotopic (exact) mass is 311 g/mol. The Morgan fingerprint density at radius 1 is 1.58 bits per heavy atom. The second-order valence-electron chi connectivity index (χ2n) is 3.84. The molecule has 2 rings (SSSR count). The lowest BCUT2D eigenvalue weighted by atomic mass is 10.2. The van der Waals surface area contributed by atoms with Crippen LogP contribution in [0.5, 0.6) is 0 Å². The van der Waals surface area contributed by atoms with Gasteiger partial charge in [-0.15, -0.1) is 24.8 Å². The Bertz CT molecular complexity index is 423. The van der Waals surface area contributed by atoms with Gasteiger partial charge in [0.25, 0.3) is 5.91 Å². The van der Waals surface area contributed by atoms with Crippen LogP contribution in [0, 0.1) is 5.82 Å². The first-order chi connectivity index (χ1) is 8.22. The molecular formula is C11H16Cl2FN3O2.